The number of nitrogens with zero attached hydrogens (tertiary/aromatic N) is 3. The number of fused-ring (bicyclic) bond motifs is 1. The largest absolute Gasteiger partial charge is 0.309 e. The van der Waals surface area contributed by atoms with E-state index in [0.717, 1.165) is 47.7 Å². The van der Waals surface area contributed by atoms with Gasteiger partial charge in [0.05, 0.1) is 12.2 Å². The van der Waals surface area contributed by atoms with Gasteiger partial charge in [0.2, 0.25) is 0 Å². The SMILES string of the molecule is Cc1cc(-c2c(-c3ccc(F)cc3)nn3c2CNCC3)ccn1. The van der Waals surface area contributed by atoms with Crippen molar-refractivity contribution in [3.05, 3.63) is 59.8 Å². The summed E-state index contributed by atoms with van der Waals surface area (Å²) in [6.07, 6.45) is 1.82. The smallest absolute Gasteiger partial charge is 0.123 e. The van der Waals surface area contributed by atoms with Gasteiger partial charge in [0.1, 0.15) is 11.5 Å². The molecule has 1 aliphatic heterocycles. The molecule has 4 rings (SSSR count). The van der Waals surface area contributed by atoms with Gasteiger partial charge >= 0.3 is 0 Å². The van der Waals surface area contributed by atoms with E-state index in [1.54, 1.807) is 12.1 Å². The van der Waals surface area contributed by atoms with Crippen LogP contribution in [-0.4, -0.2) is 21.3 Å². The topological polar surface area (TPSA) is 42.7 Å². The zero-order valence-electron chi connectivity index (χ0n) is 12.9. The monoisotopic (exact) mass is 308 g/mol. The standard InChI is InChI=1S/C18H17FN4/c1-12-10-14(6-7-21-12)17-16-11-20-8-9-23(16)22-18(17)13-2-4-15(19)5-3-13/h2-7,10,20H,8-9,11H2,1H3. The minimum atomic E-state index is -0.235. The van der Waals surface area contributed by atoms with Crippen molar-refractivity contribution in [2.45, 2.75) is 20.0 Å². The number of benzene rings is 1. The number of halogens is 1. The van der Waals surface area contributed by atoms with Gasteiger partial charge < -0.3 is 5.32 Å². The summed E-state index contributed by atoms with van der Waals surface area (Å²) >= 11 is 0. The van der Waals surface area contributed by atoms with Crippen LogP contribution in [0.3, 0.4) is 0 Å². The summed E-state index contributed by atoms with van der Waals surface area (Å²) in [6, 6.07) is 10.6. The molecule has 0 radical (unpaired) electrons. The van der Waals surface area contributed by atoms with Crippen LogP contribution in [0.5, 0.6) is 0 Å². The lowest BCUT2D eigenvalue weighted by Crippen LogP contribution is -2.28. The number of rotatable bonds is 2. The van der Waals surface area contributed by atoms with Gasteiger partial charge in [-0.2, -0.15) is 5.10 Å². The Kier molecular flexibility index (Phi) is 3.42. The van der Waals surface area contributed by atoms with Gasteiger partial charge in [0.25, 0.3) is 0 Å². The lowest BCUT2D eigenvalue weighted by Gasteiger charge is -2.16. The normalized spacial score (nSPS) is 13.8. The maximum absolute atomic E-state index is 13.3. The molecule has 1 aliphatic rings. The Hall–Kier alpha value is -2.53. The van der Waals surface area contributed by atoms with Crippen LogP contribution in [0.2, 0.25) is 0 Å². The van der Waals surface area contributed by atoms with Gasteiger partial charge in [0.15, 0.2) is 0 Å². The lowest BCUT2D eigenvalue weighted by atomic mass is 9.98. The molecule has 0 atom stereocenters. The first-order valence-electron chi connectivity index (χ1n) is 7.72. The number of hydrogen-bond acceptors (Lipinski definition) is 3. The molecular weight excluding hydrogens is 291 g/mol. The van der Waals surface area contributed by atoms with E-state index in [4.69, 9.17) is 5.10 Å². The second kappa shape index (κ2) is 5.59. The molecule has 23 heavy (non-hydrogen) atoms. The summed E-state index contributed by atoms with van der Waals surface area (Å²) in [4.78, 5) is 4.28. The van der Waals surface area contributed by atoms with Crippen molar-refractivity contribution in [3.63, 3.8) is 0 Å². The average molecular weight is 308 g/mol. The van der Waals surface area contributed by atoms with E-state index in [0.29, 0.717) is 0 Å². The van der Waals surface area contributed by atoms with Crippen LogP contribution >= 0.6 is 0 Å². The van der Waals surface area contributed by atoms with Gasteiger partial charge in [-0.05, 0) is 48.9 Å². The third-order valence-corrected chi connectivity index (χ3v) is 4.15. The highest BCUT2D eigenvalue weighted by Gasteiger charge is 2.22. The van der Waals surface area contributed by atoms with Crippen molar-refractivity contribution < 1.29 is 4.39 Å². The van der Waals surface area contributed by atoms with Gasteiger partial charge in [-0.1, -0.05) is 0 Å². The van der Waals surface area contributed by atoms with Crippen LogP contribution < -0.4 is 5.32 Å². The number of nitrogens with one attached hydrogen (secondary N) is 1. The molecule has 1 aromatic carbocycles. The van der Waals surface area contributed by atoms with Crippen molar-refractivity contribution >= 4 is 0 Å². The summed E-state index contributed by atoms with van der Waals surface area (Å²) in [5.41, 5.74) is 6.17. The minimum Gasteiger partial charge on any atom is -0.309 e. The minimum absolute atomic E-state index is 0.235. The van der Waals surface area contributed by atoms with Crippen molar-refractivity contribution in [2.24, 2.45) is 0 Å². The average Bonchev–Trinajstić information content (AvgIpc) is 2.95. The van der Waals surface area contributed by atoms with Crippen LogP contribution in [0.15, 0.2) is 42.6 Å². The van der Waals surface area contributed by atoms with E-state index in [1.165, 1.54) is 17.8 Å². The maximum atomic E-state index is 13.3. The van der Waals surface area contributed by atoms with E-state index in [-0.39, 0.29) is 5.82 Å². The Morgan fingerprint density at radius 1 is 1.13 bits per heavy atom. The van der Waals surface area contributed by atoms with Crippen LogP contribution in [0, 0.1) is 12.7 Å². The molecule has 1 N–H and O–H groups in total. The van der Waals surface area contributed by atoms with Gasteiger partial charge in [0, 0.05) is 36.1 Å². The Labute approximate surface area is 134 Å². The molecule has 5 heteroatoms. The van der Waals surface area contributed by atoms with E-state index in [9.17, 15) is 4.39 Å². The van der Waals surface area contributed by atoms with E-state index < -0.39 is 0 Å². The molecular formula is C18H17FN4. The molecule has 0 amide bonds. The fourth-order valence-electron chi connectivity index (χ4n) is 3.07. The van der Waals surface area contributed by atoms with Crippen LogP contribution in [0.25, 0.3) is 22.4 Å². The molecule has 4 nitrogen and oxygen atoms in total. The maximum Gasteiger partial charge on any atom is 0.123 e. The van der Waals surface area contributed by atoms with Crippen molar-refractivity contribution in [1.29, 1.82) is 0 Å². The highest BCUT2D eigenvalue weighted by molar-refractivity contribution is 5.83. The third-order valence-electron chi connectivity index (χ3n) is 4.15. The summed E-state index contributed by atoms with van der Waals surface area (Å²) < 4.78 is 15.3. The van der Waals surface area contributed by atoms with E-state index in [2.05, 4.69) is 21.0 Å². The summed E-state index contributed by atoms with van der Waals surface area (Å²) in [6.45, 7) is 4.51. The number of pyridine rings is 1. The van der Waals surface area contributed by atoms with Crippen molar-refractivity contribution in [1.82, 2.24) is 20.1 Å². The van der Waals surface area contributed by atoms with Gasteiger partial charge in [-0.25, -0.2) is 4.39 Å². The Morgan fingerprint density at radius 2 is 1.96 bits per heavy atom. The lowest BCUT2D eigenvalue weighted by molar-refractivity contribution is 0.477. The second-order valence-electron chi connectivity index (χ2n) is 5.76. The summed E-state index contributed by atoms with van der Waals surface area (Å²) in [7, 11) is 0. The summed E-state index contributed by atoms with van der Waals surface area (Å²) in [5, 5.41) is 8.19. The van der Waals surface area contributed by atoms with E-state index >= 15 is 0 Å². The Bertz CT molecular complexity index is 852. The Balaban J connectivity index is 1.95. The molecule has 3 heterocycles. The van der Waals surface area contributed by atoms with Crippen molar-refractivity contribution in [3.8, 4) is 22.4 Å². The van der Waals surface area contributed by atoms with E-state index in [1.807, 2.05) is 19.2 Å². The van der Waals surface area contributed by atoms with Crippen LogP contribution in [-0.2, 0) is 13.1 Å². The highest BCUT2D eigenvalue weighted by atomic mass is 19.1. The second-order valence-corrected chi connectivity index (χ2v) is 5.76. The molecule has 2 aromatic heterocycles. The molecule has 0 saturated carbocycles. The molecule has 0 unspecified atom stereocenters. The fraction of sp³-hybridized carbons (Fsp3) is 0.222. The zero-order chi connectivity index (χ0) is 15.8. The first-order valence-corrected chi connectivity index (χ1v) is 7.72. The molecule has 0 fully saturated rings. The third kappa shape index (κ3) is 2.53. The first kappa shape index (κ1) is 14.1. The molecule has 0 spiro atoms. The molecule has 0 bridgehead atoms. The highest BCUT2D eigenvalue weighted by Crippen LogP contribution is 2.35. The summed E-state index contributed by atoms with van der Waals surface area (Å²) in [5.74, 6) is -0.235. The molecule has 3 aromatic rings. The van der Waals surface area contributed by atoms with Gasteiger partial charge in [-0.3, -0.25) is 9.67 Å². The molecule has 0 saturated heterocycles. The first-order chi connectivity index (χ1) is 11.2. The Morgan fingerprint density at radius 3 is 2.74 bits per heavy atom. The van der Waals surface area contributed by atoms with Crippen LogP contribution in [0.1, 0.15) is 11.4 Å². The fourth-order valence-corrected chi connectivity index (χ4v) is 3.07. The number of aryl methyl sites for hydroxylation is 1. The molecule has 0 aliphatic carbocycles. The number of aromatic nitrogens is 3. The zero-order valence-corrected chi connectivity index (χ0v) is 12.9. The molecule has 116 valence electrons. The quantitative estimate of drug-likeness (QED) is 0.791. The number of hydrogen-bond donors (Lipinski definition) is 1. The predicted octanol–water partition coefficient (Wildman–Crippen LogP) is 3.16. The van der Waals surface area contributed by atoms with Crippen LogP contribution in [0.4, 0.5) is 4.39 Å². The van der Waals surface area contributed by atoms with Crippen molar-refractivity contribution in [2.75, 3.05) is 6.54 Å². The predicted molar refractivity (Wildman–Crippen MR) is 87.3 cm³/mol. The van der Waals surface area contributed by atoms with Gasteiger partial charge in [-0.15, -0.1) is 0 Å².